The van der Waals surface area contributed by atoms with Crippen LogP contribution in [0.25, 0.3) is 0 Å². The fourth-order valence-electron chi connectivity index (χ4n) is 0.985. The molecule has 7 heteroatoms. The second-order valence-corrected chi connectivity index (χ2v) is 3.85. The summed E-state index contributed by atoms with van der Waals surface area (Å²) >= 11 is 8.50. The molecule has 0 atom stereocenters. The maximum Gasteiger partial charge on any atom is 0.356 e. The van der Waals surface area contributed by atoms with Gasteiger partial charge in [0, 0.05) is 5.56 Å². The number of alkyl halides is 2. The molecule has 0 amide bonds. The Morgan fingerprint density at radius 1 is 1.69 bits per heavy atom. The molecule has 0 aliphatic heterocycles. The molecule has 0 unspecified atom stereocenters. The zero-order valence-corrected chi connectivity index (χ0v) is 10.5. The average Bonchev–Trinajstić information content (AvgIpc) is 2.21. The molecule has 0 bridgehead atoms. The van der Waals surface area contributed by atoms with Gasteiger partial charge in [-0.2, -0.15) is 0 Å². The van der Waals surface area contributed by atoms with Gasteiger partial charge < -0.3 is 4.74 Å². The second-order valence-electron chi connectivity index (χ2n) is 2.72. The Bertz CT molecular complexity index is 415. The van der Waals surface area contributed by atoms with Gasteiger partial charge in [0.25, 0.3) is 6.43 Å². The Morgan fingerprint density at radius 2 is 2.31 bits per heavy atom. The smallest absolute Gasteiger partial charge is 0.356 e. The van der Waals surface area contributed by atoms with Crippen molar-refractivity contribution in [2.45, 2.75) is 13.3 Å². The lowest BCUT2D eigenvalue weighted by Crippen LogP contribution is -2.08. The molecule has 0 aromatic carbocycles. The van der Waals surface area contributed by atoms with Gasteiger partial charge in [-0.15, -0.1) is 0 Å². The van der Waals surface area contributed by atoms with Gasteiger partial charge in [-0.05, 0) is 28.9 Å². The molecular weight excluding hydrogens is 307 g/mol. The van der Waals surface area contributed by atoms with Crippen molar-refractivity contribution in [1.29, 1.82) is 0 Å². The summed E-state index contributed by atoms with van der Waals surface area (Å²) in [5.74, 6) is -0.762. The third-order valence-corrected chi connectivity index (χ3v) is 2.86. The van der Waals surface area contributed by atoms with Crippen molar-refractivity contribution in [2.75, 3.05) is 6.61 Å². The van der Waals surface area contributed by atoms with Crippen LogP contribution in [-0.4, -0.2) is 17.6 Å². The highest BCUT2D eigenvalue weighted by molar-refractivity contribution is 9.10. The molecule has 16 heavy (non-hydrogen) atoms. The minimum atomic E-state index is -2.78. The normalized spacial score (nSPS) is 10.6. The molecular formula is C9H7BrClF2NO2. The number of esters is 1. The summed E-state index contributed by atoms with van der Waals surface area (Å²) in [5.41, 5.74) is -0.653. The molecule has 1 aromatic rings. The van der Waals surface area contributed by atoms with E-state index in [0.29, 0.717) is 0 Å². The largest absolute Gasteiger partial charge is 0.461 e. The van der Waals surface area contributed by atoms with Crippen molar-refractivity contribution in [3.63, 3.8) is 0 Å². The first-order valence-electron chi connectivity index (χ1n) is 4.28. The van der Waals surface area contributed by atoms with Gasteiger partial charge in [0.1, 0.15) is 10.3 Å². The molecule has 1 rings (SSSR count). The molecule has 0 aliphatic rings. The van der Waals surface area contributed by atoms with E-state index >= 15 is 0 Å². The number of aromatic nitrogens is 1. The van der Waals surface area contributed by atoms with E-state index in [-0.39, 0.29) is 21.9 Å². The highest BCUT2D eigenvalue weighted by Crippen LogP contribution is 2.32. The third kappa shape index (κ3) is 2.89. The van der Waals surface area contributed by atoms with E-state index in [4.69, 9.17) is 11.6 Å². The van der Waals surface area contributed by atoms with Gasteiger partial charge >= 0.3 is 5.97 Å². The second kappa shape index (κ2) is 5.54. The van der Waals surface area contributed by atoms with E-state index in [0.717, 1.165) is 6.07 Å². The van der Waals surface area contributed by atoms with Crippen molar-refractivity contribution in [1.82, 2.24) is 4.98 Å². The van der Waals surface area contributed by atoms with E-state index < -0.39 is 18.0 Å². The molecule has 0 aliphatic carbocycles. The van der Waals surface area contributed by atoms with Crippen LogP contribution in [0.4, 0.5) is 8.78 Å². The average molecular weight is 315 g/mol. The van der Waals surface area contributed by atoms with Gasteiger partial charge in [0.05, 0.1) is 11.6 Å². The molecule has 1 heterocycles. The molecule has 0 radical (unpaired) electrons. The molecule has 88 valence electrons. The van der Waals surface area contributed by atoms with Crippen LogP contribution in [0, 0.1) is 0 Å². The van der Waals surface area contributed by atoms with Crippen molar-refractivity contribution in [3.8, 4) is 0 Å². The van der Waals surface area contributed by atoms with E-state index in [1.165, 1.54) is 0 Å². The van der Waals surface area contributed by atoms with Crippen LogP contribution < -0.4 is 0 Å². The van der Waals surface area contributed by atoms with E-state index in [1.807, 2.05) is 0 Å². The standard InChI is InChI=1S/C9H7BrClF2NO2/c1-2-16-9(15)5-3-4(8(12)13)6(11)7(10)14-5/h3,8H,2H2,1H3. The number of pyridine rings is 1. The Morgan fingerprint density at radius 3 is 2.81 bits per heavy atom. The van der Waals surface area contributed by atoms with Crippen LogP contribution >= 0.6 is 27.5 Å². The Labute approximate surface area is 104 Å². The first kappa shape index (κ1) is 13.3. The van der Waals surface area contributed by atoms with Crippen LogP contribution in [0.5, 0.6) is 0 Å². The summed E-state index contributed by atoms with van der Waals surface area (Å²) in [6.45, 7) is 1.75. The van der Waals surface area contributed by atoms with Gasteiger partial charge in [-0.1, -0.05) is 11.6 Å². The lowest BCUT2D eigenvalue weighted by molar-refractivity contribution is 0.0518. The Hall–Kier alpha value is -0.750. The first-order valence-corrected chi connectivity index (χ1v) is 5.45. The fraction of sp³-hybridized carbons (Fsp3) is 0.333. The van der Waals surface area contributed by atoms with E-state index in [9.17, 15) is 13.6 Å². The molecule has 0 N–H and O–H groups in total. The van der Waals surface area contributed by atoms with Crippen LogP contribution in [0.15, 0.2) is 10.7 Å². The number of rotatable bonds is 3. The Kier molecular flexibility index (Phi) is 4.61. The molecule has 1 aromatic heterocycles. The summed E-state index contributed by atoms with van der Waals surface area (Å²) < 4.78 is 29.7. The zero-order valence-electron chi connectivity index (χ0n) is 8.14. The third-order valence-electron chi connectivity index (χ3n) is 1.67. The van der Waals surface area contributed by atoms with Crippen molar-refractivity contribution >= 4 is 33.5 Å². The number of carbonyl (C=O) groups is 1. The quantitative estimate of drug-likeness (QED) is 0.632. The summed E-state index contributed by atoms with van der Waals surface area (Å²) in [7, 11) is 0. The minimum Gasteiger partial charge on any atom is -0.461 e. The van der Waals surface area contributed by atoms with Crippen molar-refractivity contribution in [3.05, 3.63) is 26.9 Å². The number of hydrogen-bond acceptors (Lipinski definition) is 3. The van der Waals surface area contributed by atoms with Crippen LogP contribution in [0.3, 0.4) is 0 Å². The predicted molar refractivity (Wildman–Crippen MR) is 57.9 cm³/mol. The highest BCUT2D eigenvalue weighted by Gasteiger charge is 2.20. The summed E-state index contributed by atoms with van der Waals surface area (Å²) in [4.78, 5) is 15.0. The van der Waals surface area contributed by atoms with Gasteiger partial charge in [0.2, 0.25) is 0 Å². The lowest BCUT2D eigenvalue weighted by atomic mass is 10.2. The number of ether oxygens (including phenoxy) is 1. The number of nitrogens with zero attached hydrogens (tertiary/aromatic N) is 1. The van der Waals surface area contributed by atoms with Crippen molar-refractivity contribution in [2.24, 2.45) is 0 Å². The monoisotopic (exact) mass is 313 g/mol. The molecule has 3 nitrogen and oxygen atoms in total. The Balaban J connectivity index is 3.18. The van der Waals surface area contributed by atoms with Gasteiger partial charge in [-0.25, -0.2) is 18.6 Å². The van der Waals surface area contributed by atoms with Gasteiger partial charge in [0.15, 0.2) is 0 Å². The van der Waals surface area contributed by atoms with Gasteiger partial charge in [-0.3, -0.25) is 0 Å². The van der Waals surface area contributed by atoms with E-state index in [1.54, 1.807) is 6.92 Å². The minimum absolute atomic E-state index is 0.00461. The maximum atomic E-state index is 12.6. The lowest BCUT2D eigenvalue weighted by Gasteiger charge is -2.07. The zero-order chi connectivity index (χ0) is 12.3. The van der Waals surface area contributed by atoms with E-state index in [2.05, 4.69) is 25.7 Å². The highest BCUT2D eigenvalue weighted by atomic mass is 79.9. The van der Waals surface area contributed by atoms with Crippen LogP contribution in [-0.2, 0) is 4.74 Å². The molecule has 0 saturated carbocycles. The maximum absolute atomic E-state index is 12.6. The first-order chi connectivity index (χ1) is 7.47. The topological polar surface area (TPSA) is 39.2 Å². The number of hydrogen-bond donors (Lipinski definition) is 0. The fourth-order valence-corrected chi connectivity index (χ4v) is 1.58. The summed E-state index contributed by atoms with van der Waals surface area (Å²) in [6.07, 6.45) is -2.78. The summed E-state index contributed by atoms with van der Waals surface area (Å²) in [5, 5.41) is -0.206. The number of halogens is 4. The summed E-state index contributed by atoms with van der Waals surface area (Å²) in [6, 6.07) is 0.926. The predicted octanol–water partition coefficient (Wildman–Crippen LogP) is 3.61. The van der Waals surface area contributed by atoms with Crippen LogP contribution in [0.1, 0.15) is 29.4 Å². The van der Waals surface area contributed by atoms with Crippen molar-refractivity contribution < 1.29 is 18.3 Å². The SMILES string of the molecule is CCOC(=O)c1cc(C(F)F)c(Cl)c(Br)n1. The molecule has 0 saturated heterocycles. The molecule has 0 spiro atoms. The number of carbonyl (C=O) groups excluding carboxylic acids is 1. The van der Waals surface area contributed by atoms with Crippen LogP contribution in [0.2, 0.25) is 5.02 Å². The molecule has 0 fully saturated rings.